The number of nitrogens with two attached hydrogens (primary N) is 1. The molecule has 0 amide bonds. The molecule has 0 spiro atoms. The lowest BCUT2D eigenvalue weighted by atomic mass is 9.86. The Labute approximate surface area is 133 Å². The minimum atomic E-state index is -0.385. The van der Waals surface area contributed by atoms with Crippen LogP contribution in [0.4, 0.5) is 5.69 Å². The maximum absolute atomic E-state index is 12.4. The normalized spacial score (nSPS) is 11.8. The summed E-state index contributed by atoms with van der Waals surface area (Å²) in [6.45, 7) is 5.79. The van der Waals surface area contributed by atoms with Gasteiger partial charge in [-0.2, -0.15) is 0 Å². The molecule has 3 nitrogen and oxygen atoms in total. The van der Waals surface area contributed by atoms with Gasteiger partial charge in [-0.15, -0.1) is 11.3 Å². The molecule has 0 aliphatic carbocycles. The molecule has 0 radical (unpaired) electrons. The molecule has 0 saturated carbocycles. The summed E-state index contributed by atoms with van der Waals surface area (Å²) < 4.78 is 1.08. The van der Waals surface area contributed by atoms with Gasteiger partial charge in [-0.25, -0.2) is 4.98 Å². The Morgan fingerprint density at radius 3 is 2.41 bits per heavy atom. The van der Waals surface area contributed by atoms with Crippen LogP contribution >= 0.6 is 11.3 Å². The fraction of sp³-hybridized carbons (Fsp3) is 0.222. The Balaban J connectivity index is 2.04. The lowest BCUT2D eigenvalue weighted by molar-refractivity contribution is 0.0858. The van der Waals surface area contributed by atoms with Gasteiger partial charge < -0.3 is 5.73 Å². The van der Waals surface area contributed by atoms with E-state index < -0.39 is 0 Å². The lowest BCUT2D eigenvalue weighted by Gasteiger charge is -2.16. The van der Waals surface area contributed by atoms with Crippen molar-refractivity contribution in [2.45, 2.75) is 20.8 Å². The summed E-state index contributed by atoms with van der Waals surface area (Å²) in [6, 6.07) is 13.4. The third kappa shape index (κ3) is 2.74. The number of anilines is 1. The number of carbonyl (C=O) groups is 1. The number of hydrogen-bond donors (Lipinski definition) is 1. The standard InChI is InChI=1S/C18H18N2OS/c1-18(2,3)16(21)12-6-9-15-14(10-12)20-17(22-15)11-4-7-13(19)8-5-11/h4-10H,19H2,1-3H3. The van der Waals surface area contributed by atoms with E-state index in [1.807, 2.05) is 63.2 Å². The van der Waals surface area contributed by atoms with E-state index in [2.05, 4.69) is 4.98 Å². The van der Waals surface area contributed by atoms with Crippen LogP contribution in [0.3, 0.4) is 0 Å². The van der Waals surface area contributed by atoms with Gasteiger partial charge >= 0.3 is 0 Å². The maximum atomic E-state index is 12.4. The van der Waals surface area contributed by atoms with Crippen molar-refractivity contribution in [2.24, 2.45) is 5.41 Å². The number of thiazole rings is 1. The van der Waals surface area contributed by atoms with Gasteiger partial charge in [-0.3, -0.25) is 4.79 Å². The Morgan fingerprint density at radius 2 is 1.77 bits per heavy atom. The summed E-state index contributed by atoms with van der Waals surface area (Å²) >= 11 is 1.62. The summed E-state index contributed by atoms with van der Waals surface area (Å²) in [5.41, 5.74) is 8.70. The van der Waals surface area contributed by atoms with Crippen LogP contribution in [0, 0.1) is 5.41 Å². The van der Waals surface area contributed by atoms with Crippen LogP contribution in [0.15, 0.2) is 42.5 Å². The van der Waals surface area contributed by atoms with Gasteiger partial charge in [0.15, 0.2) is 5.78 Å². The van der Waals surface area contributed by atoms with Gasteiger partial charge in [0.2, 0.25) is 0 Å². The minimum absolute atomic E-state index is 0.136. The van der Waals surface area contributed by atoms with Crippen molar-refractivity contribution in [3.8, 4) is 10.6 Å². The molecule has 0 aliphatic rings. The Hall–Kier alpha value is -2.20. The van der Waals surface area contributed by atoms with Gasteiger partial charge in [0.1, 0.15) is 5.01 Å². The first-order valence-electron chi connectivity index (χ1n) is 7.16. The van der Waals surface area contributed by atoms with Crippen molar-refractivity contribution in [3.05, 3.63) is 48.0 Å². The average molecular weight is 310 g/mol. The average Bonchev–Trinajstić information content (AvgIpc) is 2.89. The zero-order chi connectivity index (χ0) is 15.9. The summed E-state index contributed by atoms with van der Waals surface area (Å²) in [4.78, 5) is 17.0. The van der Waals surface area contributed by atoms with Gasteiger partial charge in [0.05, 0.1) is 10.2 Å². The van der Waals surface area contributed by atoms with Crippen molar-refractivity contribution in [1.82, 2.24) is 4.98 Å². The summed E-state index contributed by atoms with van der Waals surface area (Å²) in [7, 11) is 0. The second-order valence-corrected chi connectivity index (χ2v) is 7.43. The molecular weight excluding hydrogens is 292 g/mol. The number of nitrogen functional groups attached to an aromatic ring is 1. The number of ketones is 1. The highest BCUT2D eigenvalue weighted by Gasteiger charge is 2.23. The maximum Gasteiger partial charge on any atom is 0.168 e. The molecule has 22 heavy (non-hydrogen) atoms. The quantitative estimate of drug-likeness (QED) is 0.547. The van der Waals surface area contributed by atoms with Crippen LogP contribution in [0.25, 0.3) is 20.8 Å². The number of nitrogens with zero attached hydrogens (tertiary/aromatic N) is 1. The SMILES string of the molecule is CC(C)(C)C(=O)c1ccc2sc(-c3ccc(N)cc3)nc2c1. The van der Waals surface area contributed by atoms with E-state index in [0.29, 0.717) is 5.56 Å². The molecule has 2 N–H and O–H groups in total. The van der Waals surface area contributed by atoms with Crippen molar-refractivity contribution in [3.63, 3.8) is 0 Å². The number of carbonyl (C=O) groups excluding carboxylic acids is 1. The first-order chi connectivity index (χ1) is 10.3. The predicted octanol–water partition coefficient (Wildman–Crippen LogP) is 4.77. The third-order valence-corrected chi connectivity index (χ3v) is 4.57. The monoisotopic (exact) mass is 310 g/mol. The Bertz CT molecular complexity index is 842. The Kier molecular flexibility index (Phi) is 3.49. The van der Waals surface area contributed by atoms with Crippen molar-refractivity contribution in [2.75, 3.05) is 5.73 Å². The fourth-order valence-electron chi connectivity index (χ4n) is 2.25. The third-order valence-electron chi connectivity index (χ3n) is 3.49. The molecule has 112 valence electrons. The first kappa shape index (κ1) is 14.7. The number of rotatable bonds is 2. The largest absolute Gasteiger partial charge is 0.399 e. The molecule has 0 atom stereocenters. The smallest absolute Gasteiger partial charge is 0.168 e. The van der Waals surface area contributed by atoms with E-state index in [9.17, 15) is 4.79 Å². The van der Waals surface area contributed by atoms with Crippen LogP contribution in [0.5, 0.6) is 0 Å². The van der Waals surface area contributed by atoms with Crippen LogP contribution in [0.2, 0.25) is 0 Å². The number of aromatic nitrogens is 1. The number of fused-ring (bicyclic) bond motifs is 1. The minimum Gasteiger partial charge on any atom is -0.399 e. The summed E-state index contributed by atoms with van der Waals surface area (Å²) in [5.74, 6) is 0.136. The zero-order valence-electron chi connectivity index (χ0n) is 12.9. The molecule has 0 fully saturated rings. The van der Waals surface area contributed by atoms with Crippen molar-refractivity contribution < 1.29 is 4.79 Å². The molecule has 1 aromatic heterocycles. The van der Waals surface area contributed by atoms with Gasteiger partial charge in [-0.1, -0.05) is 20.8 Å². The highest BCUT2D eigenvalue weighted by Crippen LogP contribution is 2.32. The molecule has 0 aliphatic heterocycles. The van der Waals surface area contributed by atoms with E-state index >= 15 is 0 Å². The predicted molar refractivity (Wildman–Crippen MR) is 93.3 cm³/mol. The van der Waals surface area contributed by atoms with E-state index in [-0.39, 0.29) is 11.2 Å². The fourth-order valence-corrected chi connectivity index (χ4v) is 3.20. The van der Waals surface area contributed by atoms with E-state index in [1.54, 1.807) is 11.3 Å². The molecule has 2 aromatic carbocycles. The highest BCUT2D eigenvalue weighted by atomic mass is 32.1. The number of benzene rings is 2. The molecule has 1 heterocycles. The number of Topliss-reactive ketones (excluding diaryl/α,β-unsaturated/α-hetero) is 1. The van der Waals surface area contributed by atoms with Crippen molar-refractivity contribution >= 4 is 33.0 Å². The van der Waals surface area contributed by atoms with Crippen LogP contribution in [-0.4, -0.2) is 10.8 Å². The molecule has 3 rings (SSSR count). The van der Waals surface area contributed by atoms with E-state index in [4.69, 9.17) is 5.73 Å². The first-order valence-corrected chi connectivity index (χ1v) is 7.97. The molecule has 0 bridgehead atoms. The highest BCUT2D eigenvalue weighted by molar-refractivity contribution is 7.21. The Morgan fingerprint density at radius 1 is 1.09 bits per heavy atom. The zero-order valence-corrected chi connectivity index (χ0v) is 13.7. The molecule has 0 unspecified atom stereocenters. The molecule has 0 saturated heterocycles. The topological polar surface area (TPSA) is 56.0 Å². The van der Waals surface area contributed by atoms with Gasteiger partial charge in [0, 0.05) is 22.2 Å². The molecule has 3 aromatic rings. The van der Waals surface area contributed by atoms with E-state index in [0.717, 1.165) is 26.5 Å². The second kappa shape index (κ2) is 5.21. The second-order valence-electron chi connectivity index (χ2n) is 6.40. The van der Waals surface area contributed by atoms with Crippen molar-refractivity contribution in [1.29, 1.82) is 0 Å². The van der Waals surface area contributed by atoms with E-state index in [1.165, 1.54) is 0 Å². The molecular formula is C18H18N2OS. The van der Waals surface area contributed by atoms with Crippen LogP contribution < -0.4 is 5.73 Å². The molecule has 4 heteroatoms. The number of hydrogen-bond acceptors (Lipinski definition) is 4. The van der Waals surface area contributed by atoms with Crippen LogP contribution in [-0.2, 0) is 0 Å². The summed E-state index contributed by atoms with van der Waals surface area (Å²) in [6.07, 6.45) is 0. The van der Waals surface area contributed by atoms with Gasteiger partial charge in [0.25, 0.3) is 0 Å². The summed E-state index contributed by atoms with van der Waals surface area (Å²) in [5, 5.41) is 0.940. The lowest BCUT2D eigenvalue weighted by Crippen LogP contribution is -2.19. The van der Waals surface area contributed by atoms with Crippen LogP contribution in [0.1, 0.15) is 31.1 Å². The van der Waals surface area contributed by atoms with Gasteiger partial charge in [-0.05, 0) is 42.5 Å².